The highest BCUT2D eigenvalue weighted by atomic mass is 32.2. The first-order valence-electron chi connectivity index (χ1n) is 9.74. The highest BCUT2D eigenvalue weighted by Gasteiger charge is 2.37. The van der Waals surface area contributed by atoms with E-state index in [4.69, 9.17) is 4.74 Å². The molecule has 2 aliphatic heterocycles. The number of likely N-dealkylation sites (N-methyl/N-ethyl adjacent to an activating group) is 1. The Morgan fingerprint density at radius 2 is 1.82 bits per heavy atom. The lowest BCUT2D eigenvalue weighted by molar-refractivity contribution is -0.0670. The van der Waals surface area contributed by atoms with E-state index in [0.29, 0.717) is 41.8 Å². The number of piperidine rings is 1. The normalized spacial score (nSPS) is 25.9. The third-order valence-corrected chi connectivity index (χ3v) is 8.06. The first kappa shape index (κ1) is 19.4. The van der Waals surface area contributed by atoms with Gasteiger partial charge in [0, 0.05) is 29.7 Å². The standard InChI is InChI=1S/C20H27N3O4S/c1-13(2)28(25,26)23-10-18(17-6-4-5-7-19(17)23)20(24)21-14-8-15-11-27-12-16(9-14)22(15)3/h4-7,10,13-16H,8-9,11-12H2,1-3H3,(H,21,24)/t14?,15-,16+. The smallest absolute Gasteiger partial charge is 0.253 e. The maximum Gasteiger partial charge on any atom is 0.253 e. The second-order valence-corrected chi connectivity index (χ2v) is 10.5. The van der Waals surface area contributed by atoms with Crippen LogP contribution in [0.25, 0.3) is 10.9 Å². The van der Waals surface area contributed by atoms with E-state index in [1.807, 2.05) is 6.07 Å². The molecule has 8 heteroatoms. The maximum absolute atomic E-state index is 13.1. The van der Waals surface area contributed by atoms with Gasteiger partial charge in [-0.05, 0) is 39.8 Å². The predicted molar refractivity (Wildman–Crippen MR) is 108 cm³/mol. The fraction of sp³-hybridized carbons (Fsp3) is 0.550. The number of hydrogen-bond donors (Lipinski definition) is 1. The van der Waals surface area contributed by atoms with E-state index in [1.165, 1.54) is 10.2 Å². The van der Waals surface area contributed by atoms with Gasteiger partial charge in [-0.2, -0.15) is 0 Å². The number of aromatic nitrogens is 1. The van der Waals surface area contributed by atoms with Crippen LogP contribution < -0.4 is 5.32 Å². The number of para-hydroxylation sites is 1. The number of morpholine rings is 1. The lowest BCUT2D eigenvalue weighted by Crippen LogP contribution is -2.59. The molecule has 28 heavy (non-hydrogen) atoms. The Morgan fingerprint density at radius 1 is 1.18 bits per heavy atom. The molecule has 3 heterocycles. The summed E-state index contributed by atoms with van der Waals surface area (Å²) < 4.78 is 32.4. The monoisotopic (exact) mass is 405 g/mol. The summed E-state index contributed by atoms with van der Waals surface area (Å²) in [6.45, 7) is 4.66. The molecular formula is C20H27N3O4S. The fourth-order valence-corrected chi connectivity index (χ4v) is 5.38. The van der Waals surface area contributed by atoms with Crippen LogP contribution in [0.2, 0.25) is 0 Å². The third-order valence-electron chi connectivity index (χ3n) is 6.01. The van der Waals surface area contributed by atoms with Gasteiger partial charge in [0.2, 0.25) is 10.0 Å². The highest BCUT2D eigenvalue weighted by molar-refractivity contribution is 7.90. The van der Waals surface area contributed by atoms with Crippen LogP contribution in [0.4, 0.5) is 0 Å². The summed E-state index contributed by atoms with van der Waals surface area (Å²) in [4.78, 5) is 15.4. The molecule has 0 aliphatic carbocycles. The van der Waals surface area contributed by atoms with Crippen LogP contribution in [0.1, 0.15) is 37.0 Å². The number of ether oxygens (including phenoxy) is 1. The number of nitrogens with one attached hydrogen (secondary N) is 1. The second kappa shape index (κ2) is 7.17. The molecule has 4 rings (SSSR count). The zero-order valence-corrected chi connectivity index (χ0v) is 17.3. The van der Waals surface area contributed by atoms with Crippen molar-refractivity contribution in [1.29, 1.82) is 0 Å². The summed E-state index contributed by atoms with van der Waals surface area (Å²) in [5.74, 6) is -0.220. The predicted octanol–water partition coefficient (Wildman–Crippen LogP) is 1.82. The minimum absolute atomic E-state index is 0.0615. The van der Waals surface area contributed by atoms with Gasteiger partial charge in [0.05, 0.1) is 29.5 Å². The van der Waals surface area contributed by atoms with Crippen molar-refractivity contribution in [2.45, 2.75) is 50.1 Å². The molecule has 1 aromatic carbocycles. The van der Waals surface area contributed by atoms with Gasteiger partial charge in [0.15, 0.2) is 0 Å². The first-order chi connectivity index (χ1) is 13.3. The largest absolute Gasteiger partial charge is 0.378 e. The summed E-state index contributed by atoms with van der Waals surface area (Å²) in [5.41, 5.74) is 0.940. The Kier molecular flexibility index (Phi) is 4.97. The zero-order chi connectivity index (χ0) is 20.1. The topological polar surface area (TPSA) is 80.6 Å². The Bertz CT molecular complexity index is 984. The number of hydrogen-bond acceptors (Lipinski definition) is 5. The Morgan fingerprint density at radius 3 is 2.46 bits per heavy atom. The molecule has 1 unspecified atom stereocenters. The number of benzene rings is 1. The van der Waals surface area contributed by atoms with Gasteiger partial charge in [0.25, 0.3) is 5.91 Å². The van der Waals surface area contributed by atoms with E-state index < -0.39 is 15.3 Å². The van der Waals surface area contributed by atoms with Gasteiger partial charge in [-0.15, -0.1) is 0 Å². The summed E-state index contributed by atoms with van der Waals surface area (Å²) in [7, 11) is -1.44. The van der Waals surface area contributed by atoms with Crippen molar-refractivity contribution in [1.82, 2.24) is 14.2 Å². The molecule has 2 aliphatic rings. The van der Waals surface area contributed by atoms with Crippen LogP contribution in [-0.4, -0.2) is 66.8 Å². The summed E-state index contributed by atoms with van der Waals surface area (Å²) in [5, 5.41) is 3.22. The molecule has 1 N–H and O–H groups in total. The molecular weight excluding hydrogens is 378 g/mol. The van der Waals surface area contributed by atoms with Gasteiger partial charge < -0.3 is 10.1 Å². The van der Waals surface area contributed by atoms with Crippen molar-refractivity contribution >= 4 is 26.8 Å². The van der Waals surface area contributed by atoms with Crippen molar-refractivity contribution < 1.29 is 17.9 Å². The average Bonchev–Trinajstić information content (AvgIpc) is 3.03. The van der Waals surface area contributed by atoms with E-state index in [-0.39, 0.29) is 11.9 Å². The van der Waals surface area contributed by atoms with Crippen molar-refractivity contribution in [2.24, 2.45) is 0 Å². The Labute approximate surface area is 165 Å². The van der Waals surface area contributed by atoms with Gasteiger partial charge >= 0.3 is 0 Å². The van der Waals surface area contributed by atoms with Crippen LogP contribution in [0, 0.1) is 0 Å². The Balaban J connectivity index is 1.63. The SMILES string of the molecule is CC(C)S(=O)(=O)n1cc(C(=O)NC2C[C@H]3COC[C@@H](C2)N3C)c2ccccc21. The molecule has 3 atom stereocenters. The second-order valence-electron chi connectivity index (χ2n) is 8.10. The van der Waals surface area contributed by atoms with E-state index in [9.17, 15) is 13.2 Å². The third kappa shape index (κ3) is 3.23. The first-order valence-corrected chi connectivity index (χ1v) is 11.2. The molecule has 2 aromatic rings. The minimum Gasteiger partial charge on any atom is -0.378 e. The fourth-order valence-electron chi connectivity index (χ4n) is 4.24. The lowest BCUT2D eigenvalue weighted by atomic mass is 9.90. The van der Waals surface area contributed by atoms with Crippen LogP contribution in [0.5, 0.6) is 0 Å². The van der Waals surface area contributed by atoms with Gasteiger partial charge in [-0.25, -0.2) is 12.4 Å². The van der Waals surface area contributed by atoms with Gasteiger partial charge in [-0.3, -0.25) is 9.69 Å². The van der Waals surface area contributed by atoms with E-state index in [0.717, 1.165) is 12.8 Å². The van der Waals surface area contributed by atoms with Crippen LogP contribution >= 0.6 is 0 Å². The number of fused-ring (bicyclic) bond motifs is 3. The molecule has 0 spiro atoms. The van der Waals surface area contributed by atoms with E-state index >= 15 is 0 Å². The molecule has 7 nitrogen and oxygen atoms in total. The summed E-state index contributed by atoms with van der Waals surface area (Å²) >= 11 is 0. The number of rotatable bonds is 4. The number of amides is 1. The van der Waals surface area contributed by atoms with Gasteiger partial charge in [-0.1, -0.05) is 18.2 Å². The Hall–Kier alpha value is -1.90. The highest BCUT2D eigenvalue weighted by Crippen LogP contribution is 2.28. The van der Waals surface area contributed by atoms with Crippen LogP contribution in [0.3, 0.4) is 0 Å². The molecule has 2 bridgehead atoms. The van der Waals surface area contributed by atoms with Crippen LogP contribution in [0.15, 0.2) is 30.5 Å². The summed E-state index contributed by atoms with van der Waals surface area (Å²) in [6, 6.07) is 7.82. The number of carbonyl (C=O) groups is 1. The molecule has 0 radical (unpaired) electrons. The lowest BCUT2D eigenvalue weighted by Gasteiger charge is -2.46. The molecule has 1 aromatic heterocycles. The zero-order valence-electron chi connectivity index (χ0n) is 16.5. The van der Waals surface area contributed by atoms with Crippen molar-refractivity contribution in [2.75, 3.05) is 20.3 Å². The van der Waals surface area contributed by atoms with Gasteiger partial charge in [0.1, 0.15) is 0 Å². The van der Waals surface area contributed by atoms with Crippen molar-refractivity contribution in [3.63, 3.8) is 0 Å². The maximum atomic E-state index is 13.1. The minimum atomic E-state index is -3.56. The van der Waals surface area contributed by atoms with Crippen molar-refractivity contribution in [3.8, 4) is 0 Å². The number of carbonyl (C=O) groups excluding carboxylic acids is 1. The molecule has 0 saturated carbocycles. The quantitative estimate of drug-likeness (QED) is 0.839. The molecule has 2 fully saturated rings. The average molecular weight is 406 g/mol. The van der Waals surface area contributed by atoms with E-state index in [1.54, 1.807) is 32.0 Å². The van der Waals surface area contributed by atoms with E-state index in [2.05, 4.69) is 17.3 Å². The van der Waals surface area contributed by atoms with Crippen molar-refractivity contribution in [3.05, 3.63) is 36.0 Å². The molecule has 2 saturated heterocycles. The molecule has 1 amide bonds. The number of nitrogens with zero attached hydrogens (tertiary/aromatic N) is 2. The molecule has 152 valence electrons. The van der Waals surface area contributed by atoms with Crippen LogP contribution in [-0.2, 0) is 14.8 Å². The summed E-state index contributed by atoms with van der Waals surface area (Å²) in [6.07, 6.45) is 3.14.